The Bertz CT molecular complexity index is 986. The molecule has 5 nitrogen and oxygen atoms in total. The van der Waals surface area contributed by atoms with Crippen LogP contribution in [-0.2, 0) is 4.79 Å². The van der Waals surface area contributed by atoms with E-state index in [1.807, 2.05) is 69.6 Å². The molecule has 3 rings (SSSR count). The minimum absolute atomic E-state index is 0. The number of amides is 1. The maximum Gasteiger partial charge on any atom is 0.252 e. The molecule has 0 N–H and O–H groups in total. The number of nitrogens with zero attached hydrogens (tertiary/aromatic N) is 3. The van der Waals surface area contributed by atoms with Gasteiger partial charge in [-0.05, 0) is 44.3 Å². The lowest BCUT2D eigenvalue weighted by atomic mass is 10.2. The quantitative estimate of drug-likeness (QED) is 0.511. The number of anilines is 1. The number of likely N-dealkylation sites (N-methyl/N-ethyl adjacent to an activating group) is 1. The minimum atomic E-state index is -0.0821. The molecule has 7 heteroatoms. The molecule has 0 bridgehead atoms. The van der Waals surface area contributed by atoms with Crippen LogP contribution >= 0.6 is 23.7 Å². The molecule has 2 aromatic carbocycles. The number of ether oxygens (including phenoxy) is 1. The maximum atomic E-state index is 13.0. The molecule has 0 spiro atoms. The van der Waals surface area contributed by atoms with Crippen LogP contribution in [0.2, 0.25) is 0 Å². The molecule has 0 saturated carbocycles. The highest BCUT2D eigenvalue weighted by atomic mass is 35.5. The van der Waals surface area contributed by atoms with Crippen LogP contribution in [0.4, 0.5) is 5.13 Å². The van der Waals surface area contributed by atoms with Gasteiger partial charge in [-0.15, -0.1) is 12.4 Å². The SMILES string of the molecule is COc1ccc(C)c2sc(N(CCN(C)C)C(=O)C=Cc3ccccc3)nc12.Cl. The summed E-state index contributed by atoms with van der Waals surface area (Å²) in [4.78, 5) is 21.5. The summed E-state index contributed by atoms with van der Waals surface area (Å²) in [7, 11) is 5.63. The van der Waals surface area contributed by atoms with E-state index in [2.05, 4.69) is 4.90 Å². The van der Waals surface area contributed by atoms with E-state index in [1.54, 1.807) is 18.1 Å². The molecule has 29 heavy (non-hydrogen) atoms. The third-order valence-electron chi connectivity index (χ3n) is 4.40. The number of hydrogen-bond acceptors (Lipinski definition) is 5. The standard InChI is InChI=1S/C22H25N3O2S.ClH/c1-16-10-12-18(27-4)20-21(16)28-22(23-20)25(15-14-24(2)3)19(26)13-11-17-8-6-5-7-9-17;/h5-13H,14-15H2,1-4H3;1H. The predicted molar refractivity (Wildman–Crippen MR) is 125 cm³/mol. The Labute approximate surface area is 182 Å². The van der Waals surface area contributed by atoms with Crippen molar-refractivity contribution in [1.29, 1.82) is 0 Å². The zero-order chi connectivity index (χ0) is 20.1. The number of fused-ring (bicyclic) bond motifs is 1. The lowest BCUT2D eigenvalue weighted by molar-refractivity contribution is -0.114. The highest BCUT2D eigenvalue weighted by molar-refractivity contribution is 7.22. The van der Waals surface area contributed by atoms with Crippen LogP contribution in [0.25, 0.3) is 16.3 Å². The van der Waals surface area contributed by atoms with Gasteiger partial charge in [-0.1, -0.05) is 47.7 Å². The smallest absolute Gasteiger partial charge is 0.252 e. The molecular weight excluding hydrogens is 406 g/mol. The van der Waals surface area contributed by atoms with E-state index in [0.717, 1.165) is 33.6 Å². The van der Waals surface area contributed by atoms with E-state index in [4.69, 9.17) is 9.72 Å². The first-order valence-electron chi connectivity index (χ1n) is 9.13. The van der Waals surface area contributed by atoms with Gasteiger partial charge in [-0.3, -0.25) is 9.69 Å². The first-order valence-corrected chi connectivity index (χ1v) is 9.94. The molecule has 0 unspecified atom stereocenters. The topological polar surface area (TPSA) is 45.7 Å². The summed E-state index contributed by atoms with van der Waals surface area (Å²) in [6.07, 6.45) is 3.45. The van der Waals surface area contributed by atoms with Gasteiger partial charge in [-0.25, -0.2) is 4.98 Å². The molecule has 0 saturated heterocycles. The van der Waals surface area contributed by atoms with Gasteiger partial charge in [0.1, 0.15) is 11.3 Å². The van der Waals surface area contributed by atoms with Crippen molar-refractivity contribution in [2.45, 2.75) is 6.92 Å². The Balaban J connectivity index is 0.00000300. The normalized spacial score (nSPS) is 11.1. The number of halogens is 1. The predicted octanol–water partition coefficient (Wildman–Crippen LogP) is 4.64. The van der Waals surface area contributed by atoms with Crippen LogP contribution in [0.1, 0.15) is 11.1 Å². The summed E-state index contributed by atoms with van der Waals surface area (Å²) in [6.45, 7) is 3.36. The first-order chi connectivity index (χ1) is 13.5. The average Bonchev–Trinajstić information content (AvgIpc) is 3.13. The number of thiazole rings is 1. The number of hydrogen-bond donors (Lipinski definition) is 0. The number of aryl methyl sites for hydroxylation is 1. The zero-order valence-corrected chi connectivity index (χ0v) is 18.7. The average molecular weight is 432 g/mol. The molecule has 1 aromatic heterocycles. The van der Waals surface area contributed by atoms with Crippen molar-refractivity contribution in [2.75, 3.05) is 39.2 Å². The number of aromatic nitrogens is 1. The summed E-state index contributed by atoms with van der Waals surface area (Å²) in [5, 5.41) is 0.687. The van der Waals surface area contributed by atoms with Crippen molar-refractivity contribution in [3.05, 3.63) is 59.7 Å². The first kappa shape index (κ1) is 22.9. The van der Waals surface area contributed by atoms with Crippen molar-refractivity contribution in [3.8, 4) is 5.75 Å². The lowest BCUT2D eigenvalue weighted by Gasteiger charge is -2.20. The molecule has 0 radical (unpaired) electrons. The summed E-state index contributed by atoms with van der Waals surface area (Å²) in [5.41, 5.74) is 2.92. The van der Waals surface area contributed by atoms with E-state index < -0.39 is 0 Å². The second-order valence-electron chi connectivity index (χ2n) is 6.80. The second-order valence-corrected chi connectivity index (χ2v) is 7.77. The monoisotopic (exact) mass is 431 g/mol. The fraction of sp³-hybridized carbons (Fsp3) is 0.273. The molecule has 1 amide bonds. The maximum absolute atomic E-state index is 13.0. The van der Waals surface area contributed by atoms with Crippen LogP contribution in [0.15, 0.2) is 48.5 Å². The minimum Gasteiger partial charge on any atom is -0.494 e. The van der Waals surface area contributed by atoms with Gasteiger partial charge in [-0.2, -0.15) is 0 Å². The molecule has 0 aliphatic carbocycles. The highest BCUT2D eigenvalue weighted by Crippen LogP contribution is 2.36. The van der Waals surface area contributed by atoms with E-state index in [0.29, 0.717) is 11.7 Å². The Morgan fingerprint density at radius 3 is 2.52 bits per heavy atom. The summed E-state index contributed by atoms with van der Waals surface area (Å²) >= 11 is 1.52. The number of methoxy groups -OCH3 is 1. The molecule has 0 aliphatic heterocycles. The van der Waals surface area contributed by atoms with E-state index in [1.165, 1.54) is 11.3 Å². The Hall–Kier alpha value is -2.41. The van der Waals surface area contributed by atoms with Gasteiger partial charge in [0.05, 0.1) is 11.8 Å². The number of carbonyl (C=O) groups is 1. The molecular formula is C22H26ClN3O2S. The number of carbonyl (C=O) groups excluding carboxylic acids is 1. The molecule has 0 atom stereocenters. The van der Waals surface area contributed by atoms with Gasteiger partial charge in [0.2, 0.25) is 0 Å². The van der Waals surface area contributed by atoms with E-state index in [-0.39, 0.29) is 18.3 Å². The highest BCUT2D eigenvalue weighted by Gasteiger charge is 2.20. The van der Waals surface area contributed by atoms with Crippen LogP contribution in [0.5, 0.6) is 5.75 Å². The van der Waals surface area contributed by atoms with Gasteiger partial charge < -0.3 is 9.64 Å². The molecule has 0 fully saturated rings. The Morgan fingerprint density at radius 2 is 1.86 bits per heavy atom. The van der Waals surface area contributed by atoms with Gasteiger partial charge in [0.15, 0.2) is 5.13 Å². The van der Waals surface area contributed by atoms with Crippen molar-refractivity contribution in [2.24, 2.45) is 0 Å². The van der Waals surface area contributed by atoms with Gasteiger partial charge in [0, 0.05) is 19.2 Å². The fourth-order valence-electron chi connectivity index (χ4n) is 2.80. The van der Waals surface area contributed by atoms with Gasteiger partial charge in [0.25, 0.3) is 5.91 Å². The van der Waals surface area contributed by atoms with Gasteiger partial charge >= 0.3 is 0 Å². The van der Waals surface area contributed by atoms with Crippen LogP contribution in [-0.4, -0.2) is 50.1 Å². The second kappa shape index (κ2) is 10.4. The van der Waals surface area contributed by atoms with Crippen molar-refractivity contribution < 1.29 is 9.53 Å². The molecule has 3 aromatic rings. The van der Waals surface area contributed by atoms with Crippen molar-refractivity contribution in [1.82, 2.24) is 9.88 Å². The molecule has 1 heterocycles. The molecule has 154 valence electrons. The number of rotatable bonds is 7. The zero-order valence-electron chi connectivity index (χ0n) is 17.1. The Morgan fingerprint density at radius 1 is 1.14 bits per heavy atom. The summed E-state index contributed by atoms with van der Waals surface area (Å²) < 4.78 is 6.50. The Kier molecular flexibility index (Phi) is 8.20. The third-order valence-corrected chi connectivity index (χ3v) is 5.61. The largest absolute Gasteiger partial charge is 0.494 e. The lowest BCUT2D eigenvalue weighted by Crippen LogP contribution is -2.35. The van der Waals surface area contributed by atoms with Crippen molar-refractivity contribution >= 4 is 51.1 Å². The van der Waals surface area contributed by atoms with Crippen LogP contribution in [0.3, 0.4) is 0 Å². The number of benzene rings is 2. The van der Waals surface area contributed by atoms with E-state index in [9.17, 15) is 4.79 Å². The third kappa shape index (κ3) is 5.56. The van der Waals surface area contributed by atoms with Crippen molar-refractivity contribution in [3.63, 3.8) is 0 Å². The fourth-order valence-corrected chi connectivity index (χ4v) is 3.88. The van der Waals surface area contributed by atoms with E-state index >= 15 is 0 Å². The van der Waals surface area contributed by atoms with Crippen LogP contribution in [0, 0.1) is 6.92 Å². The molecule has 0 aliphatic rings. The summed E-state index contributed by atoms with van der Waals surface area (Å²) in [5.74, 6) is 0.643. The summed E-state index contributed by atoms with van der Waals surface area (Å²) in [6, 6.07) is 13.7. The van der Waals surface area contributed by atoms with Crippen LogP contribution < -0.4 is 9.64 Å².